The highest BCUT2D eigenvalue weighted by Gasteiger charge is 2.29. The Morgan fingerprint density at radius 2 is 2.11 bits per heavy atom. The third kappa shape index (κ3) is 2.06. The molecule has 3 atom stereocenters. The molecule has 4 nitrogen and oxygen atoms in total. The van der Waals surface area contributed by atoms with Crippen LogP contribution < -0.4 is 9.47 Å². The molecule has 0 amide bonds. The maximum absolute atomic E-state index is 9.38. The van der Waals surface area contributed by atoms with Crippen LogP contribution in [0.15, 0.2) is 18.2 Å². The number of aliphatic hydroxyl groups excluding tert-OH is 1. The molecule has 98 valence electrons. The fraction of sp³-hybridized carbons (Fsp3) is 0.571. The summed E-state index contributed by atoms with van der Waals surface area (Å²) in [5.74, 6) is 2.31. The molecule has 4 heteroatoms. The van der Waals surface area contributed by atoms with Gasteiger partial charge in [0, 0.05) is 6.61 Å². The summed E-state index contributed by atoms with van der Waals surface area (Å²) in [6, 6.07) is 5.92. The number of fused-ring (bicyclic) bond motifs is 1. The van der Waals surface area contributed by atoms with Crippen molar-refractivity contribution in [2.24, 2.45) is 11.8 Å². The lowest BCUT2D eigenvalue weighted by atomic mass is 9.85. The van der Waals surface area contributed by atoms with Gasteiger partial charge in [-0.15, -0.1) is 0 Å². The highest BCUT2D eigenvalue weighted by Crippen LogP contribution is 2.39. The van der Waals surface area contributed by atoms with Crippen molar-refractivity contribution < 1.29 is 19.3 Å². The van der Waals surface area contributed by atoms with E-state index in [0.717, 1.165) is 23.5 Å². The summed E-state index contributed by atoms with van der Waals surface area (Å²) in [5.41, 5.74) is 1.10. The van der Waals surface area contributed by atoms with Gasteiger partial charge in [0.25, 0.3) is 0 Å². The Balaban J connectivity index is 1.78. The summed E-state index contributed by atoms with van der Waals surface area (Å²) >= 11 is 0. The SMILES string of the molecule is C[C@@H]1CO[C@@H](c2ccc3c(c2)OCO3)C[C@H]1CO. The highest BCUT2D eigenvalue weighted by atomic mass is 16.7. The third-order valence-electron chi connectivity index (χ3n) is 3.88. The van der Waals surface area contributed by atoms with Crippen molar-refractivity contribution in [1.82, 2.24) is 0 Å². The van der Waals surface area contributed by atoms with Crippen LogP contribution in [-0.4, -0.2) is 25.1 Å². The van der Waals surface area contributed by atoms with Gasteiger partial charge in [0.15, 0.2) is 11.5 Å². The molecular formula is C14H18O4. The number of ether oxygens (including phenoxy) is 3. The van der Waals surface area contributed by atoms with Gasteiger partial charge in [0.05, 0.1) is 12.7 Å². The van der Waals surface area contributed by atoms with Crippen LogP contribution in [0, 0.1) is 11.8 Å². The number of aliphatic hydroxyl groups is 1. The Kier molecular flexibility index (Phi) is 3.14. The largest absolute Gasteiger partial charge is 0.454 e. The van der Waals surface area contributed by atoms with Crippen LogP contribution in [0.4, 0.5) is 0 Å². The van der Waals surface area contributed by atoms with Crippen molar-refractivity contribution in [1.29, 1.82) is 0 Å². The maximum Gasteiger partial charge on any atom is 0.231 e. The molecule has 2 aliphatic heterocycles. The first-order chi connectivity index (χ1) is 8.78. The fourth-order valence-corrected chi connectivity index (χ4v) is 2.58. The van der Waals surface area contributed by atoms with Gasteiger partial charge in [-0.1, -0.05) is 13.0 Å². The molecule has 3 rings (SSSR count). The first kappa shape index (κ1) is 11.8. The molecule has 0 radical (unpaired) electrons. The van der Waals surface area contributed by atoms with Gasteiger partial charge < -0.3 is 19.3 Å². The predicted molar refractivity (Wildman–Crippen MR) is 65.6 cm³/mol. The summed E-state index contributed by atoms with van der Waals surface area (Å²) < 4.78 is 16.5. The molecule has 18 heavy (non-hydrogen) atoms. The molecule has 1 N–H and O–H groups in total. The zero-order valence-electron chi connectivity index (χ0n) is 10.5. The molecule has 1 aromatic carbocycles. The average Bonchev–Trinajstić information content (AvgIpc) is 2.86. The highest BCUT2D eigenvalue weighted by molar-refractivity contribution is 5.45. The van der Waals surface area contributed by atoms with Crippen LogP contribution in [0.3, 0.4) is 0 Å². The summed E-state index contributed by atoms with van der Waals surface area (Å²) in [4.78, 5) is 0. The molecule has 0 spiro atoms. The second kappa shape index (κ2) is 4.78. The standard InChI is InChI=1S/C14H18O4/c1-9-7-16-13(5-11(9)6-15)10-2-3-12-14(4-10)18-8-17-12/h2-4,9,11,13,15H,5-8H2,1H3/t9-,11+,13-/m1/s1. The zero-order valence-corrected chi connectivity index (χ0v) is 10.5. The lowest BCUT2D eigenvalue weighted by Gasteiger charge is -2.33. The van der Waals surface area contributed by atoms with Crippen LogP contribution in [0.1, 0.15) is 25.0 Å². The summed E-state index contributed by atoms with van der Waals surface area (Å²) in [6.45, 7) is 3.34. The first-order valence-electron chi connectivity index (χ1n) is 6.40. The topological polar surface area (TPSA) is 47.9 Å². The van der Waals surface area contributed by atoms with Crippen molar-refractivity contribution in [3.05, 3.63) is 23.8 Å². The molecule has 1 aromatic rings. The van der Waals surface area contributed by atoms with Gasteiger partial charge in [0.1, 0.15) is 0 Å². The van der Waals surface area contributed by atoms with Gasteiger partial charge in [0.2, 0.25) is 6.79 Å². The Hall–Kier alpha value is -1.26. The predicted octanol–water partition coefficient (Wildman–Crippen LogP) is 2.12. The average molecular weight is 250 g/mol. The van der Waals surface area contributed by atoms with Crippen LogP contribution in [0.5, 0.6) is 11.5 Å². The van der Waals surface area contributed by atoms with E-state index in [-0.39, 0.29) is 12.7 Å². The maximum atomic E-state index is 9.38. The van der Waals surface area contributed by atoms with Gasteiger partial charge in [-0.2, -0.15) is 0 Å². The molecule has 2 heterocycles. The van der Waals surface area contributed by atoms with Gasteiger partial charge in [-0.3, -0.25) is 0 Å². The van der Waals surface area contributed by atoms with Crippen molar-refractivity contribution >= 4 is 0 Å². The Morgan fingerprint density at radius 3 is 2.94 bits per heavy atom. The van der Waals surface area contributed by atoms with E-state index in [2.05, 4.69) is 6.92 Å². The molecule has 0 saturated carbocycles. The van der Waals surface area contributed by atoms with Gasteiger partial charge >= 0.3 is 0 Å². The van der Waals surface area contributed by atoms with Crippen LogP contribution >= 0.6 is 0 Å². The van der Waals surface area contributed by atoms with E-state index in [1.807, 2.05) is 18.2 Å². The number of hydrogen-bond acceptors (Lipinski definition) is 4. The van der Waals surface area contributed by atoms with E-state index >= 15 is 0 Å². The van der Waals surface area contributed by atoms with E-state index in [1.54, 1.807) is 0 Å². The van der Waals surface area contributed by atoms with Crippen molar-refractivity contribution in [2.75, 3.05) is 20.0 Å². The normalized spacial score (nSPS) is 30.4. The smallest absolute Gasteiger partial charge is 0.231 e. The Morgan fingerprint density at radius 1 is 1.28 bits per heavy atom. The monoisotopic (exact) mass is 250 g/mol. The molecule has 0 unspecified atom stereocenters. The summed E-state index contributed by atoms with van der Waals surface area (Å²) in [7, 11) is 0. The molecule has 0 aromatic heterocycles. The Bertz CT molecular complexity index is 432. The second-order valence-corrected chi connectivity index (χ2v) is 5.09. The molecular weight excluding hydrogens is 232 g/mol. The molecule has 2 aliphatic rings. The molecule has 0 bridgehead atoms. The van der Waals surface area contributed by atoms with Crippen LogP contribution in [0.25, 0.3) is 0 Å². The van der Waals surface area contributed by atoms with Crippen LogP contribution in [0.2, 0.25) is 0 Å². The van der Waals surface area contributed by atoms with E-state index in [9.17, 15) is 5.11 Å². The van der Waals surface area contributed by atoms with Crippen molar-refractivity contribution in [2.45, 2.75) is 19.4 Å². The van der Waals surface area contributed by atoms with E-state index in [4.69, 9.17) is 14.2 Å². The van der Waals surface area contributed by atoms with Crippen molar-refractivity contribution in [3.8, 4) is 11.5 Å². The molecule has 1 saturated heterocycles. The molecule has 1 fully saturated rings. The second-order valence-electron chi connectivity index (χ2n) is 5.09. The Labute approximate surface area is 106 Å². The minimum atomic E-state index is 0.0489. The lowest BCUT2D eigenvalue weighted by Crippen LogP contribution is -2.29. The van der Waals surface area contributed by atoms with E-state index < -0.39 is 0 Å². The molecule has 0 aliphatic carbocycles. The summed E-state index contributed by atoms with van der Waals surface area (Å²) in [5, 5.41) is 9.38. The van der Waals surface area contributed by atoms with Gasteiger partial charge in [-0.25, -0.2) is 0 Å². The summed E-state index contributed by atoms with van der Waals surface area (Å²) in [6.07, 6.45) is 0.907. The zero-order chi connectivity index (χ0) is 12.5. The minimum absolute atomic E-state index is 0.0489. The number of benzene rings is 1. The van der Waals surface area contributed by atoms with E-state index in [0.29, 0.717) is 25.2 Å². The third-order valence-corrected chi connectivity index (χ3v) is 3.88. The number of rotatable bonds is 2. The minimum Gasteiger partial charge on any atom is -0.454 e. The van der Waals surface area contributed by atoms with E-state index in [1.165, 1.54) is 0 Å². The lowest BCUT2D eigenvalue weighted by molar-refractivity contribution is -0.0556. The van der Waals surface area contributed by atoms with Gasteiger partial charge in [-0.05, 0) is 36.0 Å². The van der Waals surface area contributed by atoms with Crippen LogP contribution in [-0.2, 0) is 4.74 Å². The quantitative estimate of drug-likeness (QED) is 0.873. The number of hydrogen-bond donors (Lipinski definition) is 1. The fourth-order valence-electron chi connectivity index (χ4n) is 2.58. The van der Waals surface area contributed by atoms with Crippen molar-refractivity contribution in [3.63, 3.8) is 0 Å². The first-order valence-corrected chi connectivity index (χ1v) is 6.40.